The molecule has 1 unspecified atom stereocenters. The van der Waals surface area contributed by atoms with E-state index in [1.807, 2.05) is 13.8 Å². The second-order valence-corrected chi connectivity index (χ2v) is 7.51. The Kier molecular flexibility index (Phi) is 6.66. The normalized spacial score (nSPS) is 15.5. The second-order valence-electron chi connectivity index (χ2n) is 7.51. The van der Waals surface area contributed by atoms with Gasteiger partial charge in [0.1, 0.15) is 11.3 Å². The molecule has 1 aliphatic heterocycles. The van der Waals surface area contributed by atoms with E-state index in [-0.39, 0.29) is 41.9 Å². The van der Waals surface area contributed by atoms with Crippen LogP contribution >= 0.6 is 0 Å². The molecule has 0 saturated heterocycles. The van der Waals surface area contributed by atoms with Crippen LogP contribution in [0.3, 0.4) is 0 Å². The molecule has 10 heteroatoms. The van der Waals surface area contributed by atoms with Crippen molar-refractivity contribution in [1.82, 2.24) is 5.32 Å². The van der Waals surface area contributed by atoms with Crippen LogP contribution in [0.5, 0.6) is 5.75 Å². The highest BCUT2D eigenvalue weighted by molar-refractivity contribution is 6.47. The fourth-order valence-corrected chi connectivity index (χ4v) is 3.20. The predicted molar refractivity (Wildman–Crippen MR) is 106 cm³/mol. The SMILES string of the molecule is CCC(=O)NC1Cc2cccc(C(=O)OCc3oc(=O)oc3CC(C)C)c2OB1O. The summed E-state index contributed by atoms with van der Waals surface area (Å²) in [6.45, 7) is 5.35. The Bertz CT molecular complexity index is 979. The highest BCUT2D eigenvalue weighted by Crippen LogP contribution is 2.31. The molecule has 1 aliphatic rings. The number of hydrogen-bond acceptors (Lipinski definition) is 8. The van der Waals surface area contributed by atoms with Gasteiger partial charge in [0.15, 0.2) is 18.1 Å². The third kappa shape index (κ3) is 4.94. The standard InChI is InChI=1S/C20H24BNO8/c1-4-17(23)22-16-9-12-6-5-7-13(18(12)30-21(16)26)19(24)27-10-15-14(8-11(2)3)28-20(25)29-15/h5-7,11,16,26H,4,8-10H2,1-3H3,(H,22,23). The maximum atomic E-state index is 12.6. The first-order valence-electron chi connectivity index (χ1n) is 9.83. The van der Waals surface area contributed by atoms with Gasteiger partial charge in [-0.25, -0.2) is 9.59 Å². The molecule has 0 aliphatic carbocycles. The molecular formula is C20H24BNO8. The van der Waals surface area contributed by atoms with Gasteiger partial charge in [0.2, 0.25) is 5.91 Å². The first-order chi connectivity index (χ1) is 14.3. The molecule has 3 rings (SSSR count). The maximum absolute atomic E-state index is 12.6. The minimum atomic E-state index is -1.30. The molecule has 2 N–H and O–H groups in total. The molecular weight excluding hydrogens is 393 g/mol. The van der Waals surface area contributed by atoms with Crippen molar-refractivity contribution < 1.29 is 32.8 Å². The summed E-state index contributed by atoms with van der Waals surface area (Å²) in [7, 11) is -1.30. The van der Waals surface area contributed by atoms with Gasteiger partial charge in [-0.15, -0.1) is 0 Å². The number of esters is 1. The number of ether oxygens (including phenoxy) is 1. The third-order valence-electron chi connectivity index (χ3n) is 4.66. The number of hydrogen-bond donors (Lipinski definition) is 2. The van der Waals surface area contributed by atoms with Gasteiger partial charge in [-0.05, 0) is 24.0 Å². The molecule has 0 spiro atoms. The third-order valence-corrected chi connectivity index (χ3v) is 4.66. The number of nitrogens with one attached hydrogen (secondary N) is 1. The largest absolute Gasteiger partial charge is 0.547 e. The molecule has 0 saturated carbocycles. The lowest BCUT2D eigenvalue weighted by Gasteiger charge is -2.29. The van der Waals surface area contributed by atoms with Crippen LogP contribution in [0.25, 0.3) is 0 Å². The Labute approximate surface area is 173 Å². The van der Waals surface area contributed by atoms with E-state index < -0.39 is 24.9 Å². The van der Waals surface area contributed by atoms with Gasteiger partial charge in [0.25, 0.3) is 0 Å². The monoisotopic (exact) mass is 417 g/mol. The summed E-state index contributed by atoms with van der Waals surface area (Å²) in [5.41, 5.74) is 0.787. The highest BCUT2D eigenvalue weighted by atomic mass is 16.6. The lowest BCUT2D eigenvalue weighted by Crippen LogP contribution is -2.53. The van der Waals surface area contributed by atoms with E-state index in [4.69, 9.17) is 18.2 Å². The van der Waals surface area contributed by atoms with Crippen LogP contribution in [-0.4, -0.2) is 30.0 Å². The van der Waals surface area contributed by atoms with Crippen molar-refractivity contribution in [3.8, 4) is 5.75 Å². The van der Waals surface area contributed by atoms with Gasteiger partial charge in [-0.2, -0.15) is 0 Å². The number of rotatable bonds is 7. The van der Waals surface area contributed by atoms with Gasteiger partial charge >= 0.3 is 18.9 Å². The number of carbonyl (C=O) groups is 2. The van der Waals surface area contributed by atoms with Gasteiger partial charge in [0.05, 0.1) is 5.94 Å². The molecule has 1 amide bonds. The minimum Gasteiger partial charge on any atom is -0.534 e. The van der Waals surface area contributed by atoms with Gasteiger partial charge in [-0.1, -0.05) is 32.9 Å². The maximum Gasteiger partial charge on any atom is 0.547 e. The Morgan fingerprint density at radius 3 is 2.73 bits per heavy atom. The molecule has 30 heavy (non-hydrogen) atoms. The number of benzene rings is 1. The van der Waals surface area contributed by atoms with Crippen LogP contribution < -0.4 is 15.8 Å². The number of carbonyl (C=O) groups excluding carboxylic acids is 2. The van der Waals surface area contributed by atoms with Crippen molar-refractivity contribution in [2.24, 2.45) is 5.92 Å². The molecule has 160 valence electrons. The number of fused-ring (bicyclic) bond motifs is 1. The molecule has 0 bridgehead atoms. The Morgan fingerprint density at radius 2 is 2.03 bits per heavy atom. The van der Waals surface area contributed by atoms with E-state index in [0.29, 0.717) is 24.2 Å². The molecule has 1 aromatic carbocycles. The summed E-state index contributed by atoms with van der Waals surface area (Å²) in [5.74, 6) is -1.44. The average Bonchev–Trinajstić information content (AvgIpc) is 3.04. The molecule has 9 nitrogen and oxygen atoms in total. The summed E-state index contributed by atoms with van der Waals surface area (Å²) < 4.78 is 20.8. The number of amides is 1. The fourth-order valence-electron chi connectivity index (χ4n) is 3.20. The number of para-hydroxylation sites is 1. The summed E-state index contributed by atoms with van der Waals surface area (Å²) >= 11 is 0. The second kappa shape index (κ2) is 9.21. The molecule has 2 heterocycles. The van der Waals surface area contributed by atoms with Crippen LogP contribution in [0, 0.1) is 5.92 Å². The Morgan fingerprint density at radius 1 is 1.30 bits per heavy atom. The lowest BCUT2D eigenvalue weighted by molar-refractivity contribution is -0.121. The van der Waals surface area contributed by atoms with Crippen molar-refractivity contribution in [3.63, 3.8) is 0 Å². The van der Waals surface area contributed by atoms with E-state index in [1.54, 1.807) is 19.1 Å². The Balaban J connectivity index is 1.74. The summed E-state index contributed by atoms with van der Waals surface area (Å²) in [4.78, 5) is 35.7. The predicted octanol–water partition coefficient (Wildman–Crippen LogP) is 1.64. The Hall–Kier alpha value is -3.01. The smallest absolute Gasteiger partial charge is 0.534 e. The van der Waals surface area contributed by atoms with Crippen LogP contribution in [0.15, 0.2) is 31.8 Å². The van der Waals surface area contributed by atoms with Crippen LogP contribution in [0.4, 0.5) is 0 Å². The van der Waals surface area contributed by atoms with E-state index in [9.17, 15) is 19.4 Å². The first-order valence-corrected chi connectivity index (χ1v) is 9.83. The quantitative estimate of drug-likeness (QED) is 0.514. The van der Waals surface area contributed by atoms with E-state index in [0.717, 1.165) is 0 Å². The first kappa shape index (κ1) is 21.7. The molecule has 1 aromatic heterocycles. The van der Waals surface area contributed by atoms with Crippen molar-refractivity contribution in [1.29, 1.82) is 0 Å². The molecule has 0 fully saturated rings. The topological polar surface area (TPSA) is 128 Å². The summed E-state index contributed by atoms with van der Waals surface area (Å²) in [5, 5.41) is 12.9. The zero-order valence-corrected chi connectivity index (χ0v) is 17.1. The van der Waals surface area contributed by atoms with Crippen LogP contribution in [0.2, 0.25) is 0 Å². The fraction of sp³-hybridized carbons (Fsp3) is 0.450. The lowest BCUT2D eigenvalue weighted by atomic mass is 9.72. The van der Waals surface area contributed by atoms with E-state index in [1.165, 1.54) is 6.07 Å². The van der Waals surface area contributed by atoms with E-state index in [2.05, 4.69) is 5.32 Å². The van der Waals surface area contributed by atoms with Crippen LogP contribution in [-0.2, 0) is 29.0 Å². The summed E-state index contributed by atoms with van der Waals surface area (Å²) in [6, 6.07) is 4.93. The highest BCUT2D eigenvalue weighted by Gasteiger charge is 2.37. The van der Waals surface area contributed by atoms with Crippen molar-refractivity contribution in [2.75, 3.05) is 0 Å². The molecule has 1 atom stereocenters. The van der Waals surface area contributed by atoms with Gasteiger partial charge in [0, 0.05) is 12.8 Å². The average molecular weight is 417 g/mol. The zero-order chi connectivity index (χ0) is 21.8. The minimum absolute atomic E-state index is 0.128. The van der Waals surface area contributed by atoms with Crippen molar-refractivity contribution >= 4 is 19.0 Å². The van der Waals surface area contributed by atoms with Crippen molar-refractivity contribution in [3.05, 3.63) is 51.5 Å². The van der Waals surface area contributed by atoms with Gasteiger partial charge < -0.3 is 28.6 Å². The van der Waals surface area contributed by atoms with E-state index >= 15 is 0 Å². The van der Waals surface area contributed by atoms with Gasteiger partial charge in [-0.3, -0.25) is 4.79 Å². The van der Waals surface area contributed by atoms with Crippen molar-refractivity contribution in [2.45, 2.75) is 52.6 Å². The summed E-state index contributed by atoms with van der Waals surface area (Å²) in [6.07, 6.45) is 1.06. The molecule has 2 aromatic rings. The van der Waals surface area contributed by atoms with Crippen LogP contribution in [0.1, 0.15) is 54.6 Å². The zero-order valence-electron chi connectivity index (χ0n) is 17.1. The molecule has 0 radical (unpaired) electrons.